The van der Waals surface area contributed by atoms with E-state index in [1.165, 1.54) is 5.56 Å². The van der Waals surface area contributed by atoms with Crippen molar-refractivity contribution in [3.63, 3.8) is 0 Å². The molecule has 0 aliphatic carbocycles. The Balaban J connectivity index is 2.14. The number of carbonyl (C=O) groups excluding carboxylic acids is 1. The number of para-hydroxylation sites is 1. The largest absolute Gasteiger partial charge is 0.398 e. The predicted molar refractivity (Wildman–Crippen MR) is 72.5 cm³/mol. The Morgan fingerprint density at radius 2 is 2.00 bits per heavy atom. The van der Waals surface area contributed by atoms with Crippen molar-refractivity contribution >= 4 is 11.5 Å². The van der Waals surface area contributed by atoms with Crippen LogP contribution in [0.2, 0.25) is 0 Å². The molecule has 2 rings (SSSR count). The maximum Gasteiger partial charge on any atom is 0.170 e. The molecule has 18 heavy (non-hydrogen) atoms. The fourth-order valence-electron chi connectivity index (χ4n) is 1.78. The Morgan fingerprint density at radius 3 is 2.61 bits per heavy atom. The summed E-state index contributed by atoms with van der Waals surface area (Å²) in [6.45, 7) is 2.08. The predicted octanol–water partition coefficient (Wildman–Crippen LogP) is 2.65. The number of Topliss-reactive ketones (excluding diaryl/α,β-unsaturated/α-hetero) is 1. The highest BCUT2D eigenvalue weighted by atomic mass is 16.1. The second-order valence-electron chi connectivity index (χ2n) is 4.20. The summed E-state index contributed by atoms with van der Waals surface area (Å²) in [5, 5.41) is 0. The maximum absolute atomic E-state index is 12.1. The lowest BCUT2D eigenvalue weighted by Crippen LogP contribution is -2.08. The quantitative estimate of drug-likeness (QED) is 0.660. The summed E-state index contributed by atoms with van der Waals surface area (Å²) in [6, 6.07) is 11.0. The number of aryl methyl sites for hydroxylation is 1. The molecule has 0 unspecified atom stereocenters. The van der Waals surface area contributed by atoms with Gasteiger partial charge in [0, 0.05) is 23.1 Å². The van der Waals surface area contributed by atoms with Crippen LogP contribution in [0.25, 0.3) is 0 Å². The number of benzene rings is 1. The molecule has 0 aliphatic heterocycles. The Bertz CT molecular complexity index is 547. The van der Waals surface area contributed by atoms with Gasteiger partial charge in [0.25, 0.3) is 0 Å². The number of carbonyl (C=O) groups is 1. The highest BCUT2D eigenvalue weighted by Crippen LogP contribution is 2.13. The van der Waals surface area contributed by atoms with Crippen molar-refractivity contribution in [1.29, 1.82) is 0 Å². The zero-order valence-corrected chi connectivity index (χ0v) is 10.4. The van der Waals surface area contributed by atoms with E-state index in [0.717, 1.165) is 12.1 Å². The second kappa shape index (κ2) is 5.45. The fourth-order valence-corrected chi connectivity index (χ4v) is 1.78. The molecule has 0 atom stereocenters. The molecule has 0 saturated heterocycles. The molecular formula is C15H16N2O. The topological polar surface area (TPSA) is 56.0 Å². The summed E-state index contributed by atoms with van der Waals surface area (Å²) in [5.41, 5.74) is 8.82. The van der Waals surface area contributed by atoms with Crippen molar-refractivity contribution in [3.8, 4) is 0 Å². The number of nitrogen functional groups attached to an aromatic ring is 1. The number of rotatable bonds is 4. The van der Waals surface area contributed by atoms with Crippen LogP contribution in [0, 0.1) is 0 Å². The van der Waals surface area contributed by atoms with E-state index >= 15 is 0 Å². The van der Waals surface area contributed by atoms with Crippen molar-refractivity contribution in [2.45, 2.75) is 19.8 Å². The van der Waals surface area contributed by atoms with E-state index in [2.05, 4.69) is 11.9 Å². The van der Waals surface area contributed by atoms with Crippen LogP contribution in [0.1, 0.15) is 28.5 Å². The third-order valence-electron chi connectivity index (χ3n) is 2.90. The van der Waals surface area contributed by atoms with Crippen molar-refractivity contribution < 1.29 is 4.79 Å². The van der Waals surface area contributed by atoms with E-state index in [1.54, 1.807) is 12.1 Å². The van der Waals surface area contributed by atoms with Crippen LogP contribution >= 0.6 is 0 Å². The van der Waals surface area contributed by atoms with Gasteiger partial charge in [0.1, 0.15) is 0 Å². The number of nitrogens with two attached hydrogens (primary N) is 1. The molecule has 0 saturated carbocycles. The number of anilines is 1. The zero-order valence-electron chi connectivity index (χ0n) is 10.4. The van der Waals surface area contributed by atoms with Crippen LogP contribution in [0.15, 0.2) is 42.6 Å². The van der Waals surface area contributed by atoms with Crippen LogP contribution in [-0.4, -0.2) is 10.8 Å². The zero-order chi connectivity index (χ0) is 13.0. The molecule has 0 radical (unpaired) electrons. The molecule has 2 aromatic rings. The molecule has 1 heterocycles. The third kappa shape index (κ3) is 2.74. The normalized spacial score (nSPS) is 10.3. The molecule has 0 spiro atoms. The van der Waals surface area contributed by atoms with E-state index in [4.69, 9.17) is 5.73 Å². The van der Waals surface area contributed by atoms with Crippen molar-refractivity contribution in [2.24, 2.45) is 0 Å². The minimum Gasteiger partial charge on any atom is -0.398 e. The summed E-state index contributed by atoms with van der Waals surface area (Å²) in [7, 11) is 0. The molecule has 92 valence electrons. The first-order chi connectivity index (χ1) is 8.70. The lowest BCUT2D eigenvalue weighted by Gasteiger charge is -2.04. The van der Waals surface area contributed by atoms with E-state index in [1.807, 2.05) is 30.5 Å². The average molecular weight is 240 g/mol. The Morgan fingerprint density at radius 1 is 1.22 bits per heavy atom. The minimum atomic E-state index is 0.00449. The number of hydrogen-bond donors (Lipinski definition) is 1. The van der Waals surface area contributed by atoms with E-state index in [9.17, 15) is 4.79 Å². The number of nitrogens with zero attached hydrogens (tertiary/aromatic N) is 1. The molecule has 0 fully saturated rings. The highest BCUT2D eigenvalue weighted by Gasteiger charge is 2.10. The van der Waals surface area contributed by atoms with Crippen LogP contribution in [0.3, 0.4) is 0 Å². The standard InChI is InChI=1S/C15H16N2O/c1-2-11-7-8-12(17-10-11)9-15(18)13-5-3-4-6-14(13)16/h3-8,10H,2,9,16H2,1H3. The van der Waals surface area contributed by atoms with Gasteiger partial charge in [0.15, 0.2) is 5.78 Å². The maximum atomic E-state index is 12.1. The third-order valence-corrected chi connectivity index (χ3v) is 2.90. The van der Waals surface area contributed by atoms with Crippen LogP contribution in [-0.2, 0) is 12.8 Å². The first-order valence-electron chi connectivity index (χ1n) is 6.02. The summed E-state index contributed by atoms with van der Waals surface area (Å²) in [5.74, 6) is 0.00449. The molecule has 1 aromatic heterocycles. The van der Waals surface area contributed by atoms with Gasteiger partial charge < -0.3 is 5.73 Å². The molecule has 0 amide bonds. The van der Waals surface area contributed by atoms with Gasteiger partial charge in [-0.3, -0.25) is 9.78 Å². The first kappa shape index (κ1) is 12.3. The van der Waals surface area contributed by atoms with E-state index in [-0.39, 0.29) is 12.2 Å². The Kier molecular flexibility index (Phi) is 3.72. The van der Waals surface area contributed by atoms with Gasteiger partial charge in [0.05, 0.1) is 6.42 Å². The number of hydrogen-bond acceptors (Lipinski definition) is 3. The van der Waals surface area contributed by atoms with Crippen molar-refractivity contribution in [1.82, 2.24) is 4.98 Å². The van der Waals surface area contributed by atoms with Gasteiger partial charge in [-0.15, -0.1) is 0 Å². The van der Waals surface area contributed by atoms with Gasteiger partial charge in [0.2, 0.25) is 0 Å². The average Bonchev–Trinajstić information content (AvgIpc) is 2.40. The minimum absolute atomic E-state index is 0.00449. The number of aromatic nitrogens is 1. The van der Waals surface area contributed by atoms with Crippen LogP contribution in [0.5, 0.6) is 0 Å². The lowest BCUT2D eigenvalue weighted by atomic mass is 10.0. The molecular weight excluding hydrogens is 224 g/mol. The number of pyridine rings is 1. The van der Waals surface area contributed by atoms with Crippen LogP contribution < -0.4 is 5.73 Å². The summed E-state index contributed by atoms with van der Waals surface area (Å²) in [4.78, 5) is 16.4. The van der Waals surface area contributed by atoms with Gasteiger partial charge in [-0.2, -0.15) is 0 Å². The van der Waals surface area contributed by atoms with Gasteiger partial charge in [-0.25, -0.2) is 0 Å². The van der Waals surface area contributed by atoms with Gasteiger partial charge in [-0.05, 0) is 30.2 Å². The summed E-state index contributed by atoms with van der Waals surface area (Å²) >= 11 is 0. The molecule has 3 nitrogen and oxygen atoms in total. The number of ketones is 1. The Hall–Kier alpha value is -2.16. The monoisotopic (exact) mass is 240 g/mol. The fraction of sp³-hybridized carbons (Fsp3) is 0.200. The molecule has 1 aromatic carbocycles. The second-order valence-corrected chi connectivity index (χ2v) is 4.20. The van der Waals surface area contributed by atoms with Gasteiger partial charge in [-0.1, -0.05) is 25.1 Å². The SMILES string of the molecule is CCc1ccc(CC(=O)c2ccccc2N)nc1. The first-order valence-corrected chi connectivity index (χ1v) is 6.02. The van der Waals surface area contributed by atoms with Gasteiger partial charge >= 0.3 is 0 Å². The van der Waals surface area contributed by atoms with Crippen molar-refractivity contribution in [3.05, 3.63) is 59.4 Å². The van der Waals surface area contributed by atoms with Crippen molar-refractivity contribution in [2.75, 3.05) is 5.73 Å². The van der Waals surface area contributed by atoms with E-state index in [0.29, 0.717) is 11.3 Å². The van der Waals surface area contributed by atoms with Crippen LogP contribution in [0.4, 0.5) is 5.69 Å². The highest BCUT2D eigenvalue weighted by molar-refractivity contribution is 6.01. The molecule has 0 bridgehead atoms. The molecule has 0 aliphatic rings. The summed E-state index contributed by atoms with van der Waals surface area (Å²) in [6.07, 6.45) is 3.06. The Labute approximate surface area is 107 Å². The molecule has 3 heteroatoms. The molecule has 2 N–H and O–H groups in total. The summed E-state index contributed by atoms with van der Waals surface area (Å²) < 4.78 is 0. The lowest BCUT2D eigenvalue weighted by molar-refractivity contribution is 0.0993. The van der Waals surface area contributed by atoms with E-state index < -0.39 is 0 Å². The smallest absolute Gasteiger partial charge is 0.170 e.